The Labute approximate surface area is 160 Å². The van der Waals surface area contributed by atoms with E-state index in [0.717, 1.165) is 5.75 Å². The lowest BCUT2D eigenvalue weighted by Crippen LogP contribution is -2.39. The number of rotatable bonds is 7. The van der Waals surface area contributed by atoms with Crippen molar-refractivity contribution >= 4 is 0 Å². The van der Waals surface area contributed by atoms with Gasteiger partial charge in [-0.15, -0.1) is 0 Å². The first-order chi connectivity index (χ1) is 12.1. The Morgan fingerprint density at radius 2 is 1.38 bits per heavy atom. The standard InChI is InChI=1S/C25H36O/c1-18(2)23(20-13-10-9-11-14-20)25(7,8)26-22-16-12-15-21(17-22)24(5,6)19(3)4/h9-19,23H,1-8H3. The molecule has 2 rings (SSSR count). The zero-order valence-electron chi connectivity index (χ0n) is 17.8. The third kappa shape index (κ3) is 4.50. The van der Waals surface area contributed by atoms with Crippen molar-refractivity contribution in [1.82, 2.24) is 0 Å². The van der Waals surface area contributed by atoms with Gasteiger partial charge in [-0.05, 0) is 54.4 Å². The summed E-state index contributed by atoms with van der Waals surface area (Å²) < 4.78 is 6.60. The molecule has 1 atom stereocenters. The molecule has 1 unspecified atom stereocenters. The summed E-state index contributed by atoms with van der Waals surface area (Å²) in [5.74, 6) is 2.34. The van der Waals surface area contributed by atoms with E-state index in [1.54, 1.807) is 0 Å². The maximum atomic E-state index is 6.60. The molecule has 142 valence electrons. The molecule has 1 nitrogen and oxygen atoms in total. The Morgan fingerprint density at radius 1 is 0.769 bits per heavy atom. The van der Waals surface area contributed by atoms with Gasteiger partial charge in [-0.3, -0.25) is 0 Å². The van der Waals surface area contributed by atoms with E-state index in [4.69, 9.17) is 4.74 Å². The molecule has 0 aliphatic heterocycles. The van der Waals surface area contributed by atoms with Crippen molar-refractivity contribution < 1.29 is 4.74 Å². The van der Waals surface area contributed by atoms with Crippen LogP contribution >= 0.6 is 0 Å². The largest absolute Gasteiger partial charge is 0.487 e. The van der Waals surface area contributed by atoms with E-state index in [1.165, 1.54) is 11.1 Å². The molecule has 0 aromatic heterocycles. The number of ether oxygens (including phenoxy) is 1. The molecule has 0 saturated heterocycles. The molecule has 0 heterocycles. The van der Waals surface area contributed by atoms with Crippen molar-refractivity contribution in [2.45, 2.75) is 72.3 Å². The Morgan fingerprint density at radius 3 is 1.92 bits per heavy atom. The zero-order chi connectivity index (χ0) is 19.5. The Bertz CT molecular complexity index is 695. The molecule has 0 fully saturated rings. The van der Waals surface area contributed by atoms with Crippen LogP contribution in [-0.4, -0.2) is 5.60 Å². The maximum absolute atomic E-state index is 6.60. The van der Waals surface area contributed by atoms with E-state index in [9.17, 15) is 0 Å². The fourth-order valence-electron chi connectivity index (χ4n) is 3.91. The van der Waals surface area contributed by atoms with Crippen LogP contribution in [0.2, 0.25) is 0 Å². The summed E-state index contributed by atoms with van der Waals surface area (Å²) >= 11 is 0. The first-order valence-electron chi connectivity index (χ1n) is 9.90. The van der Waals surface area contributed by atoms with Crippen molar-refractivity contribution in [2.24, 2.45) is 11.8 Å². The number of benzene rings is 2. The van der Waals surface area contributed by atoms with Crippen molar-refractivity contribution in [2.75, 3.05) is 0 Å². The quantitative estimate of drug-likeness (QED) is 0.511. The predicted octanol–water partition coefficient (Wildman–Crippen LogP) is 7.22. The minimum Gasteiger partial charge on any atom is -0.487 e. The smallest absolute Gasteiger partial charge is 0.120 e. The third-order valence-electron chi connectivity index (χ3n) is 5.98. The summed E-state index contributed by atoms with van der Waals surface area (Å²) in [5.41, 5.74) is 2.50. The van der Waals surface area contributed by atoms with Crippen LogP contribution in [0.4, 0.5) is 0 Å². The van der Waals surface area contributed by atoms with Gasteiger partial charge in [-0.25, -0.2) is 0 Å². The van der Waals surface area contributed by atoms with Gasteiger partial charge in [0.1, 0.15) is 11.4 Å². The molecule has 0 N–H and O–H groups in total. The first kappa shape index (κ1) is 20.6. The second-order valence-electron chi connectivity index (χ2n) is 9.24. The monoisotopic (exact) mass is 352 g/mol. The SMILES string of the molecule is CC(C)C(c1ccccc1)C(C)(C)Oc1cccc(C(C)(C)C(C)C)c1. The van der Waals surface area contributed by atoms with Crippen LogP contribution < -0.4 is 4.74 Å². The zero-order valence-corrected chi connectivity index (χ0v) is 17.8. The molecule has 0 spiro atoms. The number of hydrogen-bond acceptors (Lipinski definition) is 1. The van der Waals surface area contributed by atoms with Gasteiger partial charge < -0.3 is 4.74 Å². The topological polar surface area (TPSA) is 9.23 Å². The molecule has 2 aromatic rings. The van der Waals surface area contributed by atoms with Gasteiger partial charge in [0.15, 0.2) is 0 Å². The Hall–Kier alpha value is -1.76. The molecular weight excluding hydrogens is 316 g/mol. The lowest BCUT2D eigenvalue weighted by Gasteiger charge is -2.38. The molecule has 0 amide bonds. The van der Waals surface area contributed by atoms with E-state index >= 15 is 0 Å². The molecular formula is C25H36O. The van der Waals surface area contributed by atoms with E-state index in [2.05, 4.69) is 110 Å². The van der Waals surface area contributed by atoms with Crippen LogP contribution in [0.15, 0.2) is 54.6 Å². The van der Waals surface area contributed by atoms with E-state index < -0.39 is 0 Å². The predicted molar refractivity (Wildman–Crippen MR) is 113 cm³/mol. The molecule has 26 heavy (non-hydrogen) atoms. The fraction of sp³-hybridized carbons (Fsp3) is 0.520. The highest BCUT2D eigenvalue weighted by Crippen LogP contribution is 2.39. The van der Waals surface area contributed by atoms with E-state index in [-0.39, 0.29) is 11.0 Å². The summed E-state index contributed by atoms with van der Waals surface area (Å²) in [7, 11) is 0. The third-order valence-corrected chi connectivity index (χ3v) is 5.98. The molecule has 0 aliphatic rings. The second-order valence-corrected chi connectivity index (χ2v) is 9.24. The molecule has 1 heteroatoms. The van der Waals surface area contributed by atoms with Gasteiger partial charge >= 0.3 is 0 Å². The van der Waals surface area contributed by atoms with Gasteiger partial charge in [0.05, 0.1) is 0 Å². The summed E-state index contributed by atoms with van der Waals surface area (Å²) in [6.45, 7) is 18.2. The highest BCUT2D eigenvalue weighted by atomic mass is 16.5. The van der Waals surface area contributed by atoms with Crippen molar-refractivity contribution in [1.29, 1.82) is 0 Å². The maximum Gasteiger partial charge on any atom is 0.120 e. The van der Waals surface area contributed by atoms with E-state index in [0.29, 0.717) is 17.8 Å². The van der Waals surface area contributed by atoms with Crippen molar-refractivity contribution in [3.8, 4) is 5.75 Å². The molecule has 0 aliphatic carbocycles. The van der Waals surface area contributed by atoms with E-state index in [1.807, 2.05) is 0 Å². The van der Waals surface area contributed by atoms with Gasteiger partial charge in [-0.2, -0.15) is 0 Å². The average Bonchev–Trinajstić information content (AvgIpc) is 2.54. The van der Waals surface area contributed by atoms with Crippen LogP contribution in [0.3, 0.4) is 0 Å². The van der Waals surface area contributed by atoms with Crippen LogP contribution in [0, 0.1) is 11.8 Å². The Balaban J connectivity index is 2.33. The highest BCUT2D eigenvalue weighted by Gasteiger charge is 2.35. The van der Waals surface area contributed by atoms with Gasteiger partial charge in [-0.1, -0.05) is 84.0 Å². The fourth-order valence-corrected chi connectivity index (χ4v) is 3.91. The summed E-state index contributed by atoms with van der Waals surface area (Å²) in [6, 6.07) is 19.4. The normalized spacial score (nSPS) is 13.9. The van der Waals surface area contributed by atoms with Crippen molar-refractivity contribution in [3.05, 3.63) is 65.7 Å². The Kier molecular flexibility index (Phi) is 6.21. The lowest BCUT2D eigenvalue weighted by molar-refractivity contribution is 0.0592. The molecule has 0 bridgehead atoms. The van der Waals surface area contributed by atoms with Gasteiger partial charge in [0, 0.05) is 5.92 Å². The van der Waals surface area contributed by atoms with Crippen LogP contribution in [-0.2, 0) is 5.41 Å². The van der Waals surface area contributed by atoms with Crippen LogP contribution in [0.25, 0.3) is 0 Å². The summed E-state index contributed by atoms with van der Waals surface area (Å²) in [6.07, 6.45) is 0. The summed E-state index contributed by atoms with van der Waals surface area (Å²) in [4.78, 5) is 0. The van der Waals surface area contributed by atoms with Crippen LogP contribution in [0.1, 0.15) is 72.4 Å². The minimum absolute atomic E-state index is 0.125. The average molecular weight is 353 g/mol. The van der Waals surface area contributed by atoms with Crippen LogP contribution in [0.5, 0.6) is 5.75 Å². The summed E-state index contributed by atoms with van der Waals surface area (Å²) in [5, 5.41) is 0. The van der Waals surface area contributed by atoms with Crippen molar-refractivity contribution in [3.63, 3.8) is 0 Å². The molecule has 0 saturated carbocycles. The molecule has 0 radical (unpaired) electrons. The van der Waals surface area contributed by atoms with Gasteiger partial charge in [0.25, 0.3) is 0 Å². The second kappa shape index (κ2) is 7.86. The first-order valence-corrected chi connectivity index (χ1v) is 9.90. The molecule has 2 aromatic carbocycles. The lowest BCUT2D eigenvalue weighted by atomic mass is 9.75. The minimum atomic E-state index is -0.296. The number of hydrogen-bond donors (Lipinski definition) is 0. The highest BCUT2D eigenvalue weighted by molar-refractivity contribution is 5.34. The van der Waals surface area contributed by atoms with Gasteiger partial charge in [0.2, 0.25) is 0 Å².